The second kappa shape index (κ2) is 4.92. The number of nitrogens with zero attached hydrogens (tertiary/aromatic N) is 1. The normalized spacial score (nSPS) is 22.5. The Bertz CT molecular complexity index is 221. The number of amides is 1. The van der Waals surface area contributed by atoms with Gasteiger partial charge in [0.25, 0.3) is 0 Å². The summed E-state index contributed by atoms with van der Waals surface area (Å²) in [6.45, 7) is 3.18. The molecule has 0 aromatic heterocycles. The Morgan fingerprint density at radius 2 is 2.13 bits per heavy atom. The molecule has 1 amide bonds. The van der Waals surface area contributed by atoms with E-state index in [-0.39, 0.29) is 12.5 Å². The molecule has 1 heterocycles. The molecule has 0 bridgehead atoms. The van der Waals surface area contributed by atoms with Crippen molar-refractivity contribution in [1.29, 1.82) is 0 Å². The summed E-state index contributed by atoms with van der Waals surface area (Å²) in [7, 11) is 1.52. The van der Waals surface area contributed by atoms with E-state index in [2.05, 4.69) is 0 Å². The molecule has 1 atom stereocenters. The number of carbonyl (C=O) groups is 1. The van der Waals surface area contributed by atoms with Crippen LogP contribution >= 0.6 is 0 Å². The number of hydrogen-bond acceptors (Lipinski definition) is 4. The number of nitrogens with two attached hydrogens (primary N) is 1. The third kappa shape index (κ3) is 3.44. The van der Waals surface area contributed by atoms with Crippen molar-refractivity contribution >= 4 is 5.91 Å². The molecule has 1 aliphatic rings. The largest absolute Gasteiger partial charge is 0.390 e. The molecule has 1 rings (SSSR count). The number of piperidine rings is 1. The molecular weight excluding hydrogens is 196 g/mol. The van der Waals surface area contributed by atoms with E-state index in [1.807, 2.05) is 0 Å². The fourth-order valence-electron chi connectivity index (χ4n) is 1.69. The van der Waals surface area contributed by atoms with Gasteiger partial charge in [0, 0.05) is 20.2 Å². The van der Waals surface area contributed by atoms with Crippen molar-refractivity contribution in [2.45, 2.75) is 31.4 Å². The fraction of sp³-hybridized carbons (Fsp3) is 0.900. The van der Waals surface area contributed by atoms with Crippen molar-refractivity contribution in [3.8, 4) is 0 Å². The molecule has 0 spiro atoms. The molecule has 3 N–H and O–H groups in total. The van der Waals surface area contributed by atoms with E-state index in [0.717, 1.165) is 0 Å². The van der Waals surface area contributed by atoms with E-state index < -0.39 is 11.6 Å². The zero-order valence-corrected chi connectivity index (χ0v) is 9.40. The molecule has 0 aliphatic carbocycles. The minimum atomic E-state index is -0.637. The molecule has 88 valence electrons. The molecule has 0 aromatic rings. The van der Waals surface area contributed by atoms with Gasteiger partial charge in [0.05, 0.1) is 12.2 Å². The van der Waals surface area contributed by atoms with Gasteiger partial charge >= 0.3 is 0 Å². The summed E-state index contributed by atoms with van der Waals surface area (Å²) >= 11 is 0. The smallest absolute Gasteiger partial charge is 0.241 e. The lowest BCUT2D eigenvalue weighted by Gasteiger charge is -2.36. The van der Waals surface area contributed by atoms with Crippen LogP contribution in [0.15, 0.2) is 0 Å². The van der Waals surface area contributed by atoms with Gasteiger partial charge in [-0.2, -0.15) is 0 Å². The van der Waals surface area contributed by atoms with Crippen LogP contribution in [-0.2, 0) is 9.53 Å². The topological polar surface area (TPSA) is 75.8 Å². The van der Waals surface area contributed by atoms with Gasteiger partial charge in [-0.25, -0.2) is 0 Å². The van der Waals surface area contributed by atoms with Crippen molar-refractivity contribution in [3.05, 3.63) is 0 Å². The van der Waals surface area contributed by atoms with Crippen LogP contribution in [0, 0.1) is 0 Å². The van der Waals surface area contributed by atoms with Crippen LogP contribution in [0.4, 0.5) is 0 Å². The summed E-state index contributed by atoms with van der Waals surface area (Å²) in [4.78, 5) is 13.4. The van der Waals surface area contributed by atoms with Gasteiger partial charge in [-0.3, -0.25) is 4.79 Å². The van der Waals surface area contributed by atoms with Crippen molar-refractivity contribution < 1.29 is 14.6 Å². The van der Waals surface area contributed by atoms with Gasteiger partial charge in [0.15, 0.2) is 0 Å². The Hall–Kier alpha value is -0.650. The van der Waals surface area contributed by atoms with E-state index in [4.69, 9.17) is 10.5 Å². The highest BCUT2D eigenvalue weighted by atomic mass is 16.5. The average Bonchev–Trinajstić information content (AvgIpc) is 2.17. The Balaban J connectivity index is 2.42. The highest BCUT2D eigenvalue weighted by Gasteiger charge is 2.31. The van der Waals surface area contributed by atoms with E-state index in [9.17, 15) is 9.90 Å². The SMILES string of the molecule is COCC(N)C(=O)N1CCC(C)(O)CC1. The minimum absolute atomic E-state index is 0.0904. The number of aliphatic hydroxyl groups is 1. The molecule has 5 nitrogen and oxygen atoms in total. The molecule has 0 saturated carbocycles. The molecule has 15 heavy (non-hydrogen) atoms. The highest BCUT2D eigenvalue weighted by Crippen LogP contribution is 2.21. The van der Waals surface area contributed by atoms with Crippen LogP contribution in [0.5, 0.6) is 0 Å². The first kappa shape index (κ1) is 12.4. The lowest BCUT2D eigenvalue weighted by atomic mass is 9.93. The maximum Gasteiger partial charge on any atom is 0.241 e. The Morgan fingerprint density at radius 1 is 1.60 bits per heavy atom. The number of likely N-dealkylation sites (tertiary alicyclic amines) is 1. The third-order valence-electron chi connectivity index (χ3n) is 2.82. The molecular formula is C10H20N2O3. The summed E-state index contributed by atoms with van der Waals surface area (Å²) < 4.78 is 4.83. The van der Waals surface area contributed by atoms with Crippen LogP contribution in [-0.4, -0.2) is 54.4 Å². The van der Waals surface area contributed by atoms with E-state index in [1.165, 1.54) is 7.11 Å². The van der Waals surface area contributed by atoms with Gasteiger partial charge in [0.1, 0.15) is 6.04 Å². The third-order valence-corrected chi connectivity index (χ3v) is 2.82. The van der Waals surface area contributed by atoms with Gasteiger partial charge in [0.2, 0.25) is 5.91 Å². The molecule has 1 unspecified atom stereocenters. The molecule has 5 heteroatoms. The Kier molecular flexibility index (Phi) is 4.07. The molecule has 0 aromatic carbocycles. The Labute approximate surface area is 90.2 Å². The monoisotopic (exact) mass is 216 g/mol. The zero-order valence-electron chi connectivity index (χ0n) is 9.40. The number of carbonyl (C=O) groups excluding carboxylic acids is 1. The van der Waals surface area contributed by atoms with Crippen LogP contribution in [0.25, 0.3) is 0 Å². The maximum atomic E-state index is 11.7. The first-order valence-electron chi connectivity index (χ1n) is 5.22. The van der Waals surface area contributed by atoms with Crippen LogP contribution < -0.4 is 5.73 Å². The molecule has 0 radical (unpaired) electrons. The number of hydrogen-bond donors (Lipinski definition) is 2. The van der Waals surface area contributed by atoms with Crippen molar-refractivity contribution in [3.63, 3.8) is 0 Å². The molecule has 1 saturated heterocycles. The van der Waals surface area contributed by atoms with Gasteiger partial charge in [-0.05, 0) is 19.8 Å². The average molecular weight is 216 g/mol. The first-order valence-corrected chi connectivity index (χ1v) is 5.22. The van der Waals surface area contributed by atoms with Crippen molar-refractivity contribution in [2.75, 3.05) is 26.8 Å². The zero-order chi connectivity index (χ0) is 11.5. The van der Waals surface area contributed by atoms with E-state index in [1.54, 1.807) is 11.8 Å². The lowest BCUT2D eigenvalue weighted by molar-refractivity contribution is -0.137. The van der Waals surface area contributed by atoms with Crippen molar-refractivity contribution in [1.82, 2.24) is 4.90 Å². The number of methoxy groups -OCH3 is 1. The van der Waals surface area contributed by atoms with Gasteiger partial charge < -0.3 is 20.5 Å². The quantitative estimate of drug-likeness (QED) is 0.656. The molecule has 1 fully saturated rings. The van der Waals surface area contributed by atoms with Crippen LogP contribution in [0.3, 0.4) is 0 Å². The van der Waals surface area contributed by atoms with E-state index in [0.29, 0.717) is 25.9 Å². The standard InChI is InChI=1S/C10H20N2O3/c1-10(14)3-5-12(6-4-10)9(13)8(11)7-15-2/h8,14H,3-7,11H2,1-2H3. The Morgan fingerprint density at radius 3 is 2.60 bits per heavy atom. The first-order chi connectivity index (χ1) is 6.96. The number of rotatable bonds is 3. The summed E-state index contributed by atoms with van der Waals surface area (Å²) in [5.41, 5.74) is 5.01. The predicted octanol–water partition coefficient (Wildman–Crippen LogP) is -0.666. The molecule has 1 aliphatic heterocycles. The summed E-state index contributed by atoms with van der Waals surface area (Å²) in [5, 5.41) is 9.72. The summed E-state index contributed by atoms with van der Waals surface area (Å²) in [6.07, 6.45) is 1.22. The van der Waals surface area contributed by atoms with Gasteiger partial charge in [-0.1, -0.05) is 0 Å². The van der Waals surface area contributed by atoms with Crippen LogP contribution in [0.2, 0.25) is 0 Å². The minimum Gasteiger partial charge on any atom is -0.390 e. The highest BCUT2D eigenvalue weighted by molar-refractivity contribution is 5.81. The number of ether oxygens (including phenoxy) is 1. The maximum absolute atomic E-state index is 11.7. The van der Waals surface area contributed by atoms with Gasteiger partial charge in [-0.15, -0.1) is 0 Å². The summed E-state index contributed by atoms with van der Waals surface area (Å²) in [5.74, 6) is -0.0904. The van der Waals surface area contributed by atoms with E-state index >= 15 is 0 Å². The fourth-order valence-corrected chi connectivity index (χ4v) is 1.69. The second-order valence-corrected chi connectivity index (χ2v) is 4.38. The summed E-state index contributed by atoms with van der Waals surface area (Å²) in [6, 6.07) is -0.585. The van der Waals surface area contributed by atoms with Crippen LogP contribution in [0.1, 0.15) is 19.8 Å². The lowest BCUT2D eigenvalue weighted by Crippen LogP contribution is -2.51. The predicted molar refractivity (Wildman–Crippen MR) is 56.3 cm³/mol. The van der Waals surface area contributed by atoms with Crippen molar-refractivity contribution in [2.24, 2.45) is 5.73 Å². The second-order valence-electron chi connectivity index (χ2n) is 4.38.